The lowest BCUT2D eigenvalue weighted by Crippen LogP contribution is -2.27. The fourth-order valence-corrected chi connectivity index (χ4v) is 4.37. The molecule has 122 valence electrons. The highest BCUT2D eigenvalue weighted by molar-refractivity contribution is 7.85. The van der Waals surface area contributed by atoms with Gasteiger partial charge in [0, 0.05) is 22.4 Å². The lowest BCUT2D eigenvalue weighted by molar-refractivity contribution is 0.0696. The third kappa shape index (κ3) is 3.24. The van der Waals surface area contributed by atoms with Crippen LogP contribution in [0.1, 0.15) is 47.4 Å². The van der Waals surface area contributed by atoms with Crippen LogP contribution in [0.15, 0.2) is 41.4 Å². The average molecular weight is 339 g/mol. The van der Waals surface area contributed by atoms with Gasteiger partial charge in [-0.15, -0.1) is 0 Å². The molecule has 1 N–H and O–H groups in total. The van der Waals surface area contributed by atoms with Gasteiger partial charge >= 0.3 is 5.97 Å². The van der Waals surface area contributed by atoms with Crippen LogP contribution in [0, 0.1) is 11.8 Å². The maximum atomic E-state index is 12.2. The first-order valence-electron chi connectivity index (χ1n) is 7.61. The third-order valence-electron chi connectivity index (χ3n) is 4.21. The SMILES string of the molecule is CC1(C)CC[S@](=O)c2ccc(C#Cc3ccc(C(=O)O)cn3)cc21. The zero-order chi connectivity index (χ0) is 17.3. The predicted molar refractivity (Wildman–Crippen MR) is 92.5 cm³/mol. The number of rotatable bonds is 1. The topological polar surface area (TPSA) is 67.3 Å². The van der Waals surface area contributed by atoms with E-state index in [4.69, 9.17) is 5.11 Å². The van der Waals surface area contributed by atoms with Gasteiger partial charge in [0.15, 0.2) is 0 Å². The molecule has 0 saturated carbocycles. The first-order valence-corrected chi connectivity index (χ1v) is 8.93. The van der Waals surface area contributed by atoms with E-state index < -0.39 is 16.8 Å². The van der Waals surface area contributed by atoms with Crippen LogP contribution in [-0.4, -0.2) is 26.0 Å². The van der Waals surface area contributed by atoms with Crippen molar-refractivity contribution in [3.8, 4) is 11.8 Å². The highest BCUT2D eigenvalue weighted by atomic mass is 32.2. The molecule has 2 aromatic rings. The summed E-state index contributed by atoms with van der Waals surface area (Å²) < 4.78 is 12.2. The minimum absolute atomic E-state index is 0.0116. The molecule has 0 fully saturated rings. The first-order chi connectivity index (χ1) is 11.4. The van der Waals surface area contributed by atoms with Crippen LogP contribution >= 0.6 is 0 Å². The van der Waals surface area contributed by atoms with Crippen LogP contribution in [0.4, 0.5) is 0 Å². The van der Waals surface area contributed by atoms with Crippen molar-refractivity contribution in [3.63, 3.8) is 0 Å². The second-order valence-electron chi connectivity index (χ2n) is 6.38. The summed E-state index contributed by atoms with van der Waals surface area (Å²) in [5.41, 5.74) is 2.57. The van der Waals surface area contributed by atoms with Crippen molar-refractivity contribution in [2.24, 2.45) is 0 Å². The molecule has 0 amide bonds. The fourth-order valence-electron chi connectivity index (χ4n) is 2.66. The predicted octanol–water partition coefficient (Wildman–Crippen LogP) is 2.97. The first kappa shape index (κ1) is 16.4. The Morgan fingerprint density at radius 1 is 1.25 bits per heavy atom. The lowest BCUT2D eigenvalue weighted by Gasteiger charge is -2.31. The van der Waals surface area contributed by atoms with Gasteiger partial charge in [-0.1, -0.05) is 19.8 Å². The van der Waals surface area contributed by atoms with E-state index in [0.29, 0.717) is 11.4 Å². The van der Waals surface area contributed by atoms with Gasteiger partial charge in [-0.3, -0.25) is 4.21 Å². The molecular formula is C19H17NO3S. The summed E-state index contributed by atoms with van der Waals surface area (Å²) in [6.45, 7) is 4.32. The van der Waals surface area contributed by atoms with Gasteiger partial charge in [0.2, 0.25) is 0 Å². The minimum Gasteiger partial charge on any atom is -0.478 e. The monoisotopic (exact) mass is 339 g/mol. The molecule has 0 bridgehead atoms. The van der Waals surface area contributed by atoms with Crippen molar-refractivity contribution in [2.45, 2.75) is 30.6 Å². The average Bonchev–Trinajstić information content (AvgIpc) is 2.57. The zero-order valence-corrected chi connectivity index (χ0v) is 14.3. The molecule has 3 rings (SSSR count). The van der Waals surface area contributed by atoms with E-state index >= 15 is 0 Å². The number of carbonyl (C=O) groups is 1. The van der Waals surface area contributed by atoms with Crippen molar-refractivity contribution in [1.82, 2.24) is 4.98 Å². The van der Waals surface area contributed by atoms with Crippen LogP contribution in [0.25, 0.3) is 0 Å². The third-order valence-corrected chi connectivity index (χ3v) is 5.63. The van der Waals surface area contributed by atoms with Gasteiger partial charge in [0.25, 0.3) is 0 Å². The zero-order valence-electron chi connectivity index (χ0n) is 13.5. The highest BCUT2D eigenvalue weighted by Crippen LogP contribution is 2.37. The molecule has 0 radical (unpaired) electrons. The van der Waals surface area contributed by atoms with E-state index in [1.165, 1.54) is 12.3 Å². The Kier molecular flexibility index (Phi) is 4.25. The summed E-state index contributed by atoms with van der Waals surface area (Å²) in [4.78, 5) is 15.8. The van der Waals surface area contributed by atoms with Gasteiger partial charge in [-0.2, -0.15) is 0 Å². The molecule has 2 heterocycles. The van der Waals surface area contributed by atoms with Crippen molar-refractivity contribution in [1.29, 1.82) is 0 Å². The number of carboxylic acids is 1. The van der Waals surface area contributed by atoms with E-state index in [0.717, 1.165) is 22.4 Å². The molecule has 24 heavy (non-hydrogen) atoms. The second-order valence-corrected chi connectivity index (χ2v) is 7.92. The van der Waals surface area contributed by atoms with E-state index in [1.54, 1.807) is 6.07 Å². The number of aromatic nitrogens is 1. The van der Waals surface area contributed by atoms with Crippen molar-refractivity contribution < 1.29 is 14.1 Å². The fraction of sp³-hybridized carbons (Fsp3) is 0.263. The smallest absolute Gasteiger partial charge is 0.337 e. The van der Waals surface area contributed by atoms with Gasteiger partial charge in [-0.25, -0.2) is 9.78 Å². The Hall–Kier alpha value is -2.45. The Bertz CT molecular complexity index is 889. The Balaban J connectivity index is 1.92. The number of fused-ring (bicyclic) bond motifs is 1. The van der Waals surface area contributed by atoms with Crippen LogP contribution in [0.3, 0.4) is 0 Å². The standard InChI is InChI=1S/C19H17NO3S/c1-19(2)9-10-24(23)17-8-4-13(11-16(17)19)3-6-15-7-5-14(12-20-15)18(21)22/h4-5,7-8,11-12H,9-10H2,1-2H3,(H,21,22)/t24-/m0/s1. The highest BCUT2D eigenvalue weighted by Gasteiger charge is 2.31. The van der Waals surface area contributed by atoms with Gasteiger partial charge in [0.05, 0.1) is 16.4 Å². The molecule has 5 heteroatoms. The number of benzene rings is 1. The number of hydrogen-bond donors (Lipinski definition) is 1. The normalized spacial score (nSPS) is 18.2. The molecule has 1 aliphatic heterocycles. The number of nitrogens with zero attached hydrogens (tertiary/aromatic N) is 1. The van der Waals surface area contributed by atoms with Gasteiger partial charge in [-0.05, 0) is 53.7 Å². The summed E-state index contributed by atoms with van der Waals surface area (Å²) in [6, 6.07) is 8.85. The molecule has 0 spiro atoms. The molecule has 4 nitrogen and oxygen atoms in total. The number of carboxylic acid groups (broad SMARTS) is 1. The van der Waals surface area contributed by atoms with Crippen molar-refractivity contribution >= 4 is 16.8 Å². The maximum Gasteiger partial charge on any atom is 0.337 e. The molecule has 1 aromatic heterocycles. The van der Waals surface area contributed by atoms with Crippen LogP contribution in [-0.2, 0) is 16.2 Å². The van der Waals surface area contributed by atoms with E-state index in [1.807, 2.05) is 18.2 Å². The van der Waals surface area contributed by atoms with Gasteiger partial charge in [0.1, 0.15) is 5.69 Å². The van der Waals surface area contributed by atoms with E-state index in [9.17, 15) is 9.00 Å². The number of hydrogen-bond acceptors (Lipinski definition) is 3. The molecular weight excluding hydrogens is 322 g/mol. The quantitative estimate of drug-likeness (QED) is 0.811. The molecule has 0 saturated heterocycles. The molecule has 1 aromatic carbocycles. The Labute approximate surface area is 143 Å². The summed E-state index contributed by atoms with van der Waals surface area (Å²) >= 11 is 0. The molecule has 1 atom stereocenters. The summed E-state index contributed by atoms with van der Waals surface area (Å²) in [5.74, 6) is 5.69. The molecule has 0 aliphatic carbocycles. The maximum absolute atomic E-state index is 12.2. The summed E-state index contributed by atoms with van der Waals surface area (Å²) in [6.07, 6.45) is 2.19. The summed E-state index contributed by atoms with van der Waals surface area (Å²) in [5, 5.41) is 8.87. The van der Waals surface area contributed by atoms with Crippen LogP contribution in [0.2, 0.25) is 0 Å². The summed E-state index contributed by atoms with van der Waals surface area (Å²) in [7, 11) is -0.933. The Morgan fingerprint density at radius 2 is 2.04 bits per heavy atom. The Morgan fingerprint density at radius 3 is 2.71 bits per heavy atom. The largest absolute Gasteiger partial charge is 0.478 e. The van der Waals surface area contributed by atoms with Crippen molar-refractivity contribution in [3.05, 3.63) is 58.9 Å². The van der Waals surface area contributed by atoms with Crippen LogP contribution < -0.4 is 0 Å². The number of pyridine rings is 1. The molecule has 1 aliphatic rings. The van der Waals surface area contributed by atoms with Crippen molar-refractivity contribution in [2.75, 3.05) is 5.75 Å². The molecule has 0 unspecified atom stereocenters. The minimum atomic E-state index is -1.01. The lowest BCUT2D eigenvalue weighted by atomic mass is 9.81. The van der Waals surface area contributed by atoms with Crippen LogP contribution in [0.5, 0.6) is 0 Å². The van der Waals surface area contributed by atoms with E-state index in [2.05, 4.69) is 30.7 Å². The number of aromatic carboxylic acids is 1. The van der Waals surface area contributed by atoms with Gasteiger partial charge < -0.3 is 5.11 Å². The second kappa shape index (κ2) is 6.21. The van der Waals surface area contributed by atoms with E-state index in [-0.39, 0.29) is 11.0 Å².